The Bertz CT molecular complexity index is 962. The van der Waals surface area contributed by atoms with Crippen molar-refractivity contribution in [2.24, 2.45) is 0 Å². The van der Waals surface area contributed by atoms with Gasteiger partial charge in [0.1, 0.15) is 19.0 Å². The first-order valence-corrected chi connectivity index (χ1v) is 8.89. The Morgan fingerprint density at radius 2 is 1.86 bits per heavy atom. The fourth-order valence-electron chi connectivity index (χ4n) is 2.29. The number of nitrogens with zero attached hydrogens (tertiary/aromatic N) is 3. The van der Waals surface area contributed by atoms with Crippen LogP contribution in [-0.2, 0) is 16.0 Å². The standard InChI is InChI=1S/C20H16ClN3O4/c21-16-5-3-15(4-6-16)20-23-18(28-24-20)9-10-19(25)27-12-11-26-17-7-1-14(13-22)2-8-17/h1-8H,9-12H2. The molecular weight excluding hydrogens is 382 g/mol. The highest BCUT2D eigenvalue weighted by atomic mass is 35.5. The van der Waals surface area contributed by atoms with Crippen LogP contribution in [0.25, 0.3) is 11.4 Å². The number of rotatable bonds is 8. The second-order valence-electron chi connectivity index (χ2n) is 5.72. The molecule has 28 heavy (non-hydrogen) atoms. The minimum Gasteiger partial charge on any atom is -0.490 e. The van der Waals surface area contributed by atoms with Crippen molar-refractivity contribution in [3.8, 4) is 23.2 Å². The van der Waals surface area contributed by atoms with Crippen molar-refractivity contribution in [1.29, 1.82) is 5.26 Å². The molecule has 7 nitrogen and oxygen atoms in total. The van der Waals surface area contributed by atoms with Gasteiger partial charge >= 0.3 is 5.97 Å². The molecule has 1 heterocycles. The Morgan fingerprint density at radius 3 is 2.57 bits per heavy atom. The van der Waals surface area contributed by atoms with Crippen molar-refractivity contribution in [1.82, 2.24) is 10.1 Å². The molecule has 0 atom stereocenters. The summed E-state index contributed by atoms with van der Waals surface area (Å²) < 4.78 is 15.7. The zero-order valence-electron chi connectivity index (χ0n) is 14.8. The predicted molar refractivity (Wildman–Crippen MR) is 101 cm³/mol. The van der Waals surface area contributed by atoms with Gasteiger partial charge in [-0.1, -0.05) is 16.8 Å². The molecule has 0 amide bonds. The first-order chi connectivity index (χ1) is 13.6. The van der Waals surface area contributed by atoms with Gasteiger partial charge in [0.25, 0.3) is 0 Å². The highest BCUT2D eigenvalue weighted by Gasteiger charge is 2.11. The van der Waals surface area contributed by atoms with E-state index < -0.39 is 0 Å². The quantitative estimate of drug-likeness (QED) is 0.421. The van der Waals surface area contributed by atoms with E-state index in [0.29, 0.717) is 28.1 Å². The van der Waals surface area contributed by atoms with Crippen LogP contribution < -0.4 is 4.74 Å². The van der Waals surface area contributed by atoms with Crippen LogP contribution in [0.1, 0.15) is 17.9 Å². The van der Waals surface area contributed by atoms with Crippen LogP contribution in [0, 0.1) is 11.3 Å². The highest BCUT2D eigenvalue weighted by Crippen LogP contribution is 2.19. The van der Waals surface area contributed by atoms with Crippen LogP contribution in [0.15, 0.2) is 53.1 Å². The molecule has 0 saturated heterocycles. The summed E-state index contributed by atoms with van der Waals surface area (Å²) in [6.45, 7) is 0.345. The number of hydrogen-bond acceptors (Lipinski definition) is 7. The fraction of sp³-hybridized carbons (Fsp3) is 0.200. The second kappa shape index (κ2) is 9.53. The molecule has 142 valence electrons. The van der Waals surface area contributed by atoms with E-state index in [-0.39, 0.29) is 32.0 Å². The third kappa shape index (κ3) is 5.56. The monoisotopic (exact) mass is 397 g/mol. The van der Waals surface area contributed by atoms with Gasteiger partial charge in [0, 0.05) is 17.0 Å². The van der Waals surface area contributed by atoms with Crippen molar-refractivity contribution in [3.63, 3.8) is 0 Å². The van der Waals surface area contributed by atoms with Crippen molar-refractivity contribution in [3.05, 3.63) is 65.0 Å². The summed E-state index contributed by atoms with van der Waals surface area (Å²) in [5.41, 5.74) is 1.33. The number of ether oxygens (including phenoxy) is 2. The highest BCUT2D eigenvalue weighted by molar-refractivity contribution is 6.30. The van der Waals surface area contributed by atoms with Crippen molar-refractivity contribution in [2.75, 3.05) is 13.2 Å². The van der Waals surface area contributed by atoms with E-state index in [1.165, 1.54) is 0 Å². The maximum absolute atomic E-state index is 11.8. The summed E-state index contributed by atoms with van der Waals surface area (Å²) in [6, 6.07) is 15.8. The number of aromatic nitrogens is 2. The molecule has 0 aliphatic rings. The summed E-state index contributed by atoms with van der Waals surface area (Å²) in [7, 11) is 0. The molecule has 0 spiro atoms. The van der Waals surface area contributed by atoms with Gasteiger partial charge in [0.05, 0.1) is 18.1 Å². The Balaban J connectivity index is 1.37. The largest absolute Gasteiger partial charge is 0.490 e. The lowest BCUT2D eigenvalue weighted by Crippen LogP contribution is -2.12. The number of hydrogen-bond donors (Lipinski definition) is 0. The summed E-state index contributed by atoms with van der Waals surface area (Å²) >= 11 is 5.85. The Morgan fingerprint density at radius 1 is 1.11 bits per heavy atom. The van der Waals surface area contributed by atoms with Crippen LogP contribution in [-0.4, -0.2) is 29.3 Å². The van der Waals surface area contributed by atoms with Gasteiger partial charge < -0.3 is 14.0 Å². The molecule has 0 N–H and O–H groups in total. The van der Waals surface area contributed by atoms with Crippen LogP contribution in [0.5, 0.6) is 5.75 Å². The van der Waals surface area contributed by atoms with Gasteiger partial charge in [-0.15, -0.1) is 0 Å². The number of esters is 1. The number of aryl methyl sites for hydroxylation is 1. The molecule has 0 bridgehead atoms. The second-order valence-corrected chi connectivity index (χ2v) is 6.16. The zero-order chi connectivity index (χ0) is 19.8. The molecular formula is C20H16ClN3O4. The summed E-state index contributed by atoms with van der Waals surface area (Å²) in [6.07, 6.45) is 0.412. The maximum atomic E-state index is 11.8. The van der Waals surface area contributed by atoms with Crippen molar-refractivity contribution >= 4 is 17.6 Å². The zero-order valence-corrected chi connectivity index (χ0v) is 15.6. The number of benzene rings is 2. The molecule has 0 fully saturated rings. The van der Waals surface area contributed by atoms with E-state index in [4.69, 9.17) is 30.9 Å². The summed E-state index contributed by atoms with van der Waals surface area (Å²) in [5, 5.41) is 13.3. The lowest BCUT2D eigenvalue weighted by molar-refractivity contribution is -0.144. The van der Waals surface area contributed by atoms with Gasteiger partial charge in [0.2, 0.25) is 11.7 Å². The smallest absolute Gasteiger partial charge is 0.306 e. The van der Waals surface area contributed by atoms with Gasteiger partial charge in [-0.2, -0.15) is 10.2 Å². The molecule has 0 aliphatic carbocycles. The third-order valence-electron chi connectivity index (χ3n) is 3.71. The first kappa shape index (κ1) is 19.4. The topological polar surface area (TPSA) is 98.2 Å². The lowest BCUT2D eigenvalue weighted by Gasteiger charge is -2.07. The van der Waals surface area contributed by atoms with Gasteiger partial charge in [0.15, 0.2) is 0 Å². The van der Waals surface area contributed by atoms with E-state index in [2.05, 4.69) is 10.1 Å². The minimum atomic E-state index is -0.380. The lowest BCUT2D eigenvalue weighted by atomic mass is 10.2. The SMILES string of the molecule is N#Cc1ccc(OCCOC(=O)CCc2nc(-c3ccc(Cl)cc3)no2)cc1. The first-order valence-electron chi connectivity index (χ1n) is 8.51. The van der Waals surface area contributed by atoms with E-state index in [1.54, 1.807) is 48.5 Å². The predicted octanol–water partition coefficient (Wildman–Crippen LogP) is 3.82. The molecule has 0 saturated carbocycles. The molecule has 3 rings (SSSR count). The molecule has 1 aromatic heterocycles. The maximum Gasteiger partial charge on any atom is 0.306 e. The molecule has 8 heteroatoms. The van der Waals surface area contributed by atoms with Gasteiger partial charge in [-0.25, -0.2) is 0 Å². The summed E-state index contributed by atoms with van der Waals surface area (Å²) in [5.74, 6) is 1.02. The van der Waals surface area contributed by atoms with Gasteiger partial charge in [-0.05, 0) is 48.5 Å². The van der Waals surface area contributed by atoms with E-state index in [1.807, 2.05) is 6.07 Å². The van der Waals surface area contributed by atoms with Crippen LogP contribution >= 0.6 is 11.6 Å². The Kier molecular flexibility index (Phi) is 6.60. The number of carbonyl (C=O) groups is 1. The molecule has 3 aromatic rings. The number of halogens is 1. The van der Waals surface area contributed by atoms with E-state index >= 15 is 0 Å². The average Bonchev–Trinajstić information content (AvgIpc) is 3.20. The fourth-order valence-corrected chi connectivity index (χ4v) is 2.42. The van der Waals surface area contributed by atoms with Crippen LogP contribution in [0.3, 0.4) is 0 Å². The van der Waals surface area contributed by atoms with Crippen LogP contribution in [0.2, 0.25) is 5.02 Å². The number of carbonyl (C=O) groups excluding carboxylic acids is 1. The van der Waals surface area contributed by atoms with E-state index in [0.717, 1.165) is 5.56 Å². The third-order valence-corrected chi connectivity index (χ3v) is 3.96. The Labute approximate surface area is 166 Å². The van der Waals surface area contributed by atoms with Crippen molar-refractivity contribution in [2.45, 2.75) is 12.8 Å². The van der Waals surface area contributed by atoms with Gasteiger partial charge in [-0.3, -0.25) is 4.79 Å². The molecule has 2 aromatic carbocycles. The Hall–Kier alpha value is -3.37. The van der Waals surface area contributed by atoms with E-state index in [9.17, 15) is 4.79 Å². The average molecular weight is 398 g/mol. The molecule has 0 aliphatic heterocycles. The molecule has 0 radical (unpaired) electrons. The van der Waals surface area contributed by atoms with Crippen LogP contribution in [0.4, 0.5) is 0 Å². The summed E-state index contributed by atoms with van der Waals surface area (Å²) in [4.78, 5) is 16.1. The van der Waals surface area contributed by atoms with Crippen molar-refractivity contribution < 1.29 is 18.8 Å². The molecule has 0 unspecified atom stereocenters. The number of nitriles is 1. The normalized spacial score (nSPS) is 10.3. The minimum absolute atomic E-state index is 0.124.